The van der Waals surface area contributed by atoms with Gasteiger partial charge in [-0.3, -0.25) is 0 Å². The van der Waals surface area contributed by atoms with Crippen molar-refractivity contribution >= 4 is 15.8 Å². The maximum atomic E-state index is 11.1. The predicted molar refractivity (Wildman–Crippen MR) is 69.8 cm³/mol. The van der Waals surface area contributed by atoms with Crippen LogP contribution in [-0.4, -0.2) is 45.2 Å². The van der Waals surface area contributed by atoms with Crippen LogP contribution in [0.4, 0.5) is 0 Å². The lowest BCUT2D eigenvalue weighted by molar-refractivity contribution is 0.0691. The van der Waals surface area contributed by atoms with Gasteiger partial charge in [-0.05, 0) is 24.6 Å². The molecule has 1 N–H and O–H groups in total. The molecule has 0 aliphatic rings. The summed E-state index contributed by atoms with van der Waals surface area (Å²) in [5.41, 5.74) is -0.0151. The zero-order valence-electron chi connectivity index (χ0n) is 10.8. The minimum absolute atomic E-state index is 0.00552. The summed E-state index contributed by atoms with van der Waals surface area (Å²) >= 11 is 0. The Bertz CT molecular complexity index is 549. The summed E-state index contributed by atoms with van der Waals surface area (Å²) < 4.78 is 32.1. The third-order valence-corrected chi connectivity index (χ3v) is 3.36. The first-order chi connectivity index (χ1) is 8.83. The van der Waals surface area contributed by atoms with Gasteiger partial charge in [0.2, 0.25) is 0 Å². The predicted octanol–water partition coefficient (Wildman–Crippen LogP) is 1.21. The van der Waals surface area contributed by atoms with Crippen LogP contribution in [0.1, 0.15) is 16.8 Å². The molecule has 0 aliphatic heterocycles. The highest BCUT2D eigenvalue weighted by molar-refractivity contribution is 7.90. The molecule has 0 saturated carbocycles. The molecule has 0 aromatic heterocycles. The van der Waals surface area contributed by atoms with Crippen molar-refractivity contribution in [3.8, 4) is 11.5 Å². The standard InChI is InChI=1S/C12H16O6S/c1-17-9-4-5-11(10(8-9)12(13)14)18-6-3-7-19(2,15)16/h4-5,8H,3,6-7H2,1-2H3,(H,13,14). The van der Waals surface area contributed by atoms with Gasteiger partial charge in [0.1, 0.15) is 26.9 Å². The van der Waals surface area contributed by atoms with E-state index in [2.05, 4.69) is 0 Å². The average molecular weight is 288 g/mol. The fraction of sp³-hybridized carbons (Fsp3) is 0.417. The lowest BCUT2D eigenvalue weighted by atomic mass is 10.2. The summed E-state index contributed by atoms with van der Waals surface area (Å²) in [6, 6.07) is 4.43. The van der Waals surface area contributed by atoms with Gasteiger partial charge in [0.15, 0.2) is 0 Å². The van der Waals surface area contributed by atoms with Gasteiger partial charge in [-0.25, -0.2) is 13.2 Å². The van der Waals surface area contributed by atoms with Crippen LogP contribution in [0.2, 0.25) is 0 Å². The summed E-state index contributed by atoms with van der Waals surface area (Å²) in [6.07, 6.45) is 1.45. The summed E-state index contributed by atoms with van der Waals surface area (Å²) in [6.45, 7) is 0.139. The smallest absolute Gasteiger partial charge is 0.339 e. The number of carbonyl (C=O) groups is 1. The van der Waals surface area contributed by atoms with Gasteiger partial charge < -0.3 is 14.6 Å². The largest absolute Gasteiger partial charge is 0.497 e. The van der Waals surface area contributed by atoms with E-state index in [4.69, 9.17) is 14.6 Å². The normalized spacial score (nSPS) is 11.1. The van der Waals surface area contributed by atoms with Gasteiger partial charge in [0.25, 0.3) is 0 Å². The fourth-order valence-electron chi connectivity index (χ4n) is 1.43. The lowest BCUT2D eigenvalue weighted by Crippen LogP contribution is -2.10. The molecule has 0 spiro atoms. The summed E-state index contributed by atoms with van der Waals surface area (Å²) in [5.74, 6) is -0.509. The van der Waals surface area contributed by atoms with Crippen LogP contribution in [0.3, 0.4) is 0 Å². The molecule has 0 fully saturated rings. The summed E-state index contributed by atoms with van der Waals surface area (Å²) in [5, 5.41) is 9.04. The Hall–Kier alpha value is -1.76. The number of carboxylic acid groups (broad SMARTS) is 1. The van der Waals surface area contributed by atoms with Crippen molar-refractivity contribution in [2.75, 3.05) is 25.7 Å². The highest BCUT2D eigenvalue weighted by Gasteiger charge is 2.13. The molecule has 0 aliphatic carbocycles. The molecule has 1 rings (SSSR count). The van der Waals surface area contributed by atoms with Crippen molar-refractivity contribution in [2.45, 2.75) is 6.42 Å². The quantitative estimate of drug-likeness (QED) is 0.758. The molecule has 0 heterocycles. The lowest BCUT2D eigenvalue weighted by Gasteiger charge is -2.10. The highest BCUT2D eigenvalue weighted by atomic mass is 32.2. The van der Waals surface area contributed by atoms with E-state index in [1.807, 2.05) is 0 Å². The van der Waals surface area contributed by atoms with Crippen LogP contribution < -0.4 is 9.47 Å². The Balaban J connectivity index is 2.70. The van der Waals surface area contributed by atoms with Crippen molar-refractivity contribution in [3.05, 3.63) is 23.8 Å². The van der Waals surface area contributed by atoms with E-state index in [1.54, 1.807) is 6.07 Å². The molecule has 1 aromatic carbocycles. The van der Waals surface area contributed by atoms with E-state index in [1.165, 1.54) is 19.2 Å². The molecule has 0 atom stereocenters. The van der Waals surface area contributed by atoms with Gasteiger partial charge in [-0.15, -0.1) is 0 Å². The topological polar surface area (TPSA) is 89.9 Å². The number of hydrogen-bond acceptors (Lipinski definition) is 5. The molecule has 0 saturated heterocycles. The number of methoxy groups -OCH3 is 1. The maximum absolute atomic E-state index is 11.1. The highest BCUT2D eigenvalue weighted by Crippen LogP contribution is 2.24. The molecule has 0 amide bonds. The van der Waals surface area contributed by atoms with Crippen molar-refractivity contribution in [3.63, 3.8) is 0 Å². The molecule has 0 radical (unpaired) electrons. The SMILES string of the molecule is COc1ccc(OCCCS(C)(=O)=O)c(C(=O)O)c1. The first kappa shape index (κ1) is 15.3. The van der Waals surface area contributed by atoms with Gasteiger partial charge in [0, 0.05) is 6.26 Å². The second-order valence-electron chi connectivity index (χ2n) is 4.00. The molecule has 1 aromatic rings. The Morgan fingerprint density at radius 3 is 2.58 bits per heavy atom. The minimum atomic E-state index is -3.03. The number of sulfone groups is 1. The molecular formula is C12H16O6S. The summed E-state index contributed by atoms with van der Waals surface area (Å²) in [7, 11) is -1.59. The average Bonchev–Trinajstić information content (AvgIpc) is 2.33. The van der Waals surface area contributed by atoms with Crippen molar-refractivity contribution in [1.29, 1.82) is 0 Å². The van der Waals surface area contributed by atoms with Crippen LogP contribution in [0.25, 0.3) is 0 Å². The molecule has 6 nitrogen and oxygen atoms in total. The molecule has 0 unspecified atom stereocenters. The van der Waals surface area contributed by atoms with Crippen molar-refractivity contribution < 1.29 is 27.8 Å². The number of aromatic carboxylic acids is 1. The maximum Gasteiger partial charge on any atom is 0.339 e. The monoisotopic (exact) mass is 288 g/mol. The van der Waals surface area contributed by atoms with E-state index in [-0.39, 0.29) is 23.7 Å². The van der Waals surface area contributed by atoms with E-state index in [0.717, 1.165) is 6.26 Å². The zero-order chi connectivity index (χ0) is 14.5. The molecule has 0 bridgehead atoms. The van der Waals surface area contributed by atoms with Gasteiger partial charge in [-0.1, -0.05) is 0 Å². The first-order valence-corrected chi connectivity index (χ1v) is 7.61. The van der Waals surface area contributed by atoms with Crippen LogP contribution in [-0.2, 0) is 9.84 Å². The number of hydrogen-bond donors (Lipinski definition) is 1. The van der Waals surface area contributed by atoms with Crippen LogP contribution in [0.15, 0.2) is 18.2 Å². The molecule has 106 valence electrons. The van der Waals surface area contributed by atoms with Crippen LogP contribution >= 0.6 is 0 Å². The van der Waals surface area contributed by atoms with E-state index >= 15 is 0 Å². The number of ether oxygens (including phenoxy) is 2. The Labute approximate surface area is 111 Å². The Kier molecular flexibility index (Phi) is 5.17. The first-order valence-electron chi connectivity index (χ1n) is 5.55. The van der Waals surface area contributed by atoms with E-state index in [9.17, 15) is 13.2 Å². The number of benzene rings is 1. The third kappa shape index (κ3) is 5.17. The number of carboxylic acids is 1. The van der Waals surface area contributed by atoms with Crippen molar-refractivity contribution in [1.82, 2.24) is 0 Å². The second kappa shape index (κ2) is 6.42. The van der Waals surface area contributed by atoms with Gasteiger partial charge in [-0.2, -0.15) is 0 Å². The summed E-state index contributed by atoms with van der Waals surface area (Å²) in [4.78, 5) is 11.1. The molecular weight excluding hydrogens is 272 g/mol. The minimum Gasteiger partial charge on any atom is -0.497 e. The molecule has 19 heavy (non-hydrogen) atoms. The molecule has 7 heteroatoms. The third-order valence-electron chi connectivity index (χ3n) is 2.33. The zero-order valence-corrected chi connectivity index (χ0v) is 11.6. The second-order valence-corrected chi connectivity index (χ2v) is 6.26. The number of rotatable bonds is 7. The Morgan fingerprint density at radius 1 is 1.37 bits per heavy atom. The van der Waals surface area contributed by atoms with Crippen LogP contribution in [0, 0.1) is 0 Å². The van der Waals surface area contributed by atoms with Gasteiger partial charge in [0.05, 0.1) is 19.5 Å². The Morgan fingerprint density at radius 2 is 2.05 bits per heavy atom. The van der Waals surface area contributed by atoms with E-state index in [0.29, 0.717) is 12.2 Å². The van der Waals surface area contributed by atoms with Crippen molar-refractivity contribution in [2.24, 2.45) is 0 Å². The van der Waals surface area contributed by atoms with E-state index < -0.39 is 15.8 Å². The van der Waals surface area contributed by atoms with Gasteiger partial charge >= 0.3 is 5.97 Å². The van der Waals surface area contributed by atoms with Crippen LogP contribution in [0.5, 0.6) is 11.5 Å². The fourth-order valence-corrected chi connectivity index (χ4v) is 2.07.